The first-order chi connectivity index (χ1) is 15.1. The standard InChI is InChI=1S/C21H25N5O5/c1-28-9-10-31-17-11-18(23-13-15(17)12-22)25-21(27)26-8-4-5-14-6-7-16(24-19(14)26)20(29-2)30-3/h6-7,11,13,20H,4-5,8-10H2,1-3H3,(H,23,25,27). The Kier molecular flexibility index (Phi) is 7.72. The maximum atomic E-state index is 13.0. The Hall–Kier alpha value is -3.26. The van der Waals surface area contributed by atoms with Crippen LogP contribution in [0, 0.1) is 11.3 Å². The highest BCUT2D eigenvalue weighted by atomic mass is 16.7. The SMILES string of the molecule is COCCOc1cc(NC(=O)N2CCCc3ccc(C(OC)OC)nc32)ncc1C#N. The summed E-state index contributed by atoms with van der Waals surface area (Å²) < 4.78 is 21.1. The van der Waals surface area contributed by atoms with Gasteiger partial charge in [0.2, 0.25) is 6.29 Å². The highest BCUT2D eigenvalue weighted by Gasteiger charge is 2.26. The van der Waals surface area contributed by atoms with Gasteiger partial charge in [0.15, 0.2) is 0 Å². The zero-order valence-corrected chi connectivity index (χ0v) is 17.8. The number of methoxy groups -OCH3 is 3. The van der Waals surface area contributed by atoms with Crippen LogP contribution in [0.3, 0.4) is 0 Å². The summed E-state index contributed by atoms with van der Waals surface area (Å²) in [7, 11) is 4.62. The number of aromatic nitrogens is 2. The van der Waals surface area contributed by atoms with Gasteiger partial charge >= 0.3 is 6.03 Å². The largest absolute Gasteiger partial charge is 0.490 e. The molecule has 0 unspecified atom stereocenters. The Labute approximate surface area is 180 Å². The first-order valence-corrected chi connectivity index (χ1v) is 9.77. The van der Waals surface area contributed by atoms with Gasteiger partial charge < -0.3 is 18.9 Å². The van der Waals surface area contributed by atoms with E-state index in [1.807, 2.05) is 18.2 Å². The predicted octanol–water partition coefficient (Wildman–Crippen LogP) is 2.65. The molecule has 31 heavy (non-hydrogen) atoms. The topological polar surface area (TPSA) is 119 Å². The van der Waals surface area contributed by atoms with E-state index < -0.39 is 6.29 Å². The highest BCUT2D eigenvalue weighted by Crippen LogP contribution is 2.29. The average molecular weight is 427 g/mol. The van der Waals surface area contributed by atoms with Crippen molar-refractivity contribution in [3.05, 3.63) is 41.2 Å². The molecule has 10 heteroatoms. The van der Waals surface area contributed by atoms with Gasteiger partial charge in [-0.15, -0.1) is 0 Å². The van der Waals surface area contributed by atoms with Crippen LogP contribution in [0.4, 0.5) is 16.4 Å². The summed E-state index contributed by atoms with van der Waals surface area (Å²) in [4.78, 5) is 23.3. The van der Waals surface area contributed by atoms with Crippen LogP contribution in [-0.4, -0.2) is 57.1 Å². The summed E-state index contributed by atoms with van der Waals surface area (Å²) in [5.74, 6) is 1.16. The number of nitriles is 1. The smallest absolute Gasteiger partial charge is 0.328 e. The van der Waals surface area contributed by atoms with Crippen molar-refractivity contribution >= 4 is 17.7 Å². The first-order valence-electron chi connectivity index (χ1n) is 9.77. The summed E-state index contributed by atoms with van der Waals surface area (Å²) in [6, 6.07) is 6.94. The molecule has 0 bridgehead atoms. The molecule has 0 saturated heterocycles. The minimum atomic E-state index is -0.621. The Balaban J connectivity index is 1.81. The van der Waals surface area contributed by atoms with Gasteiger partial charge in [-0.2, -0.15) is 5.26 Å². The van der Waals surface area contributed by atoms with Crippen LogP contribution in [0.15, 0.2) is 24.4 Å². The number of rotatable bonds is 8. The third-order valence-corrected chi connectivity index (χ3v) is 4.74. The van der Waals surface area contributed by atoms with E-state index >= 15 is 0 Å². The fraction of sp³-hybridized carbons (Fsp3) is 0.429. The third kappa shape index (κ3) is 5.27. The average Bonchev–Trinajstić information content (AvgIpc) is 2.79. The Bertz CT molecular complexity index is 958. The molecule has 0 aliphatic carbocycles. The van der Waals surface area contributed by atoms with Crippen LogP contribution in [-0.2, 0) is 20.6 Å². The first kappa shape index (κ1) is 22.4. The van der Waals surface area contributed by atoms with Gasteiger partial charge in [0.1, 0.15) is 35.6 Å². The van der Waals surface area contributed by atoms with Crippen LogP contribution < -0.4 is 15.0 Å². The maximum absolute atomic E-state index is 13.0. The second-order valence-electron chi connectivity index (χ2n) is 6.73. The van der Waals surface area contributed by atoms with Crippen LogP contribution in [0.2, 0.25) is 0 Å². The number of hydrogen-bond donors (Lipinski definition) is 1. The molecule has 0 spiro atoms. The molecule has 164 valence electrons. The molecule has 3 heterocycles. The van der Waals surface area contributed by atoms with E-state index in [2.05, 4.69) is 15.3 Å². The molecule has 0 saturated carbocycles. The number of carbonyl (C=O) groups excluding carboxylic acids is 1. The van der Waals surface area contributed by atoms with E-state index in [4.69, 9.17) is 18.9 Å². The Morgan fingerprint density at radius 3 is 2.81 bits per heavy atom. The lowest BCUT2D eigenvalue weighted by atomic mass is 10.1. The van der Waals surface area contributed by atoms with Gasteiger partial charge in [-0.05, 0) is 24.5 Å². The van der Waals surface area contributed by atoms with Crippen molar-refractivity contribution in [3.63, 3.8) is 0 Å². The van der Waals surface area contributed by atoms with Crippen molar-refractivity contribution in [2.45, 2.75) is 19.1 Å². The number of pyridine rings is 2. The van der Waals surface area contributed by atoms with E-state index in [0.29, 0.717) is 30.4 Å². The summed E-state index contributed by atoms with van der Waals surface area (Å²) >= 11 is 0. The van der Waals surface area contributed by atoms with Crippen LogP contribution in [0.25, 0.3) is 0 Å². The summed E-state index contributed by atoms with van der Waals surface area (Å²) in [5, 5.41) is 12.0. The molecule has 2 amide bonds. The lowest BCUT2D eigenvalue weighted by Gasteiger charge is -2.29. The summed E-state index contributed by atoms with van der Waals surface area (Å²) in [6.07, 6.45) is 2.37. The Morgan fingerprint density at radius 1 is 1.29 bits per heavy atom. The number of anilines is 2. The number of nitrogens with one attached hydrogen (secondary N) is 1. The van der Waals surface area contributed by atoms with E-state index in [9.17, 15) is 10.1 Å². The lowest BCUT2D eigenvalue weighted by Crippen LogP contribution is -2.39. The van der Waals surface area contributed by atoms with Gasteiger partial charge in [-0.3, -0.25) is 10.2 Å². The van der Waals surface area contributed by atoms with E-state index in [-0.39, 0.29) is 24.0 Å². The molecular formula is C21H25N5O5. The number of fused-ring (bicyclic) bond motifs is 1. The molecule has 1 aliphatic heterocycles. The molecule has 0 radical (unpaired) electrons. The molecule has 2 aromatic heterocycles. The third-order valence-electron chi connectivity index (χ3n) is 4.74. The molecule has 0 atom stereocenters. The lowest BCUT2D eigenvalue weighted by molar-refractivity contribution is -0.108. The van der Waals surface area contributed by atoms with Gasteiger partial charge in [-0.25, -0.2) is 14.8 Å². The van der Waals surface area contributed by atoms with Crippen LogP contribution in [0.1, 0.15) is 29.5 Å². The minimum Gasteiger partial charge on any atom is -0.490 e. The van der Waals surface area contributed by atoms with Gasteiger partial charge in [0.05, 0.1) is 18.5 Å². The fourth-order valence-corrected chi connectivity index (χ4v) is 3.24. The number of aryl methyl sites for hydroxylation is 1. The number of nitrogens with zero attached hydrogens (tertiary/aromatic N) is 4. The molecule has 10 nitrogen and oxygen atoms in total. The van der Waals surface area contributed by atoms with Gasteiger partial charge in [0.25, 0.3) is 0 Å². The van der Waals surface area contributed by atoms with Crippen molar-refractivity contribution in [3.8, 4) is 11.8 Å². The molecular weight excluding hydrogens is 402 g/mol. The van der Waals surface area contributed by atoms with Crippen molar-refractivity contribution in [2.24, 2.45) is 0 Å². The molecule has 1 aliphatic rings. The Morgan fingerprint density at radius 2 is 2.10 bits per heavy atom. The van der Waals surface area contributed by atoms with Gasteiger partial charge in [-0.1, -0.05) is 6.07 Å². The highest BCUT2D eigenvalue weighted by molar-refractivity contribution is 6.01. The molecule has 1 N–H and O–H groups in total. The van der Waals surface area contributed by atoms with Crippen molar-refractivity contribution in [1.29, 1.82) is 5.26 Å². The summed E-state index contributed by atoms with van der Waals surface area (Å²) in [6.45, 7) is 1.15. The number of hydrogen-bond acceptors (Lipinski definition) is 8. The van der Waals surface area contributed by atoms with E-state index in [1.54, 1.807) is 12.0 Å². The second kappa shape index (κ2) is 10.7. The second-order valence-corrected chi connectivity index (χ2v) is 6.73. The molecule has 3 rings (SSSR count). The number of urea groups is 1. The van der Waals surface area contributed by atoms with Crippen LogP contribution in [0.5, 0.6) is 5.75 Å². The monoisotopic (exact) mass is 427 g/mol. The number of carbonyl (C=O) groups is 1. The maximum Gasteiger partial charge on any atom is 0.328 e. The zero-order valence-electron chi connectivity index (χ0n) is 17.8. The molecule has 0 fully saturated rings. The van der Waals surface area contributed by atoms with Gasteiger partial charge in [0, 0.05) is 33.9 Å². The van der Waals surface area contributed by atoms with E-state index in [1.165, 1.54) is 26.5 Å². The number of amides is 2. The zero-order chi connectivity index (χ0) is 22.2. The van der Waals surface area contributed by atoms with Crippen molar-refractivity contribution < 1.29 is 23.7 Å². The van der Waals surface area contributed by atoms with E-state index in [0.717, 1.165) is 18.4 Å². The predicted molar refractivity (Wildman–Crippen MR) is 112 cm³/mol. The fourth-order valence-electron chi connectivity index (χ4n) is 3.24. The molecule has 0 aromatic carbocycles. The minimum absolute atomic E-state index is 0.270. The van der Waals surface area contributed by atoms with Crippen molar-refractivity contribution in [1.82, 2.24) is 9.97 Å². The normalized spacial score (nSPS) is 12.9. The quantitative estimate of drug-likeness (QED) is 0.504. The van der Waals surface area contributed by atoms with Crippen molar-refractivity contribution in [2.75, 3.05) is 51.3 Å². The summed E-state index contributed by atoms with van der Waals surface area (Å²) in [5.41, 5.74) is 1.81. The molecule has 2 aromatic rings. The van der Waals surface area contributed by atoms with Crippen LogP contribution >= 0.6 is 0 Å². The number of ether oxygens (including phenoxy) is 4.